The van der Waals surface area contributed by atoms with E-state index in [-0.39, 0.29) is 0 Å². The largest absolute Gasteiger partial charge is 0.310 e. The minimum Gasteiger partial charge on any atom is -0.310 e. The van der Waals surface area contributed by atoms with Crippen LogP contribution >= 0.6 is 0 Å². The Morgan fingerprint density at radius 1 is 1.29 bits per heavy atom. The summed E-state index contributed by atoms with van der Waals surface area (Å²) in [5.74, 6) is 0.771. The predicted octanol–water partition coefficient (Wildman–Crippen LogP) is 3.76. The fourth-order valence-electron chi connectivity index (χ4n) is 2.04. The third kappa shape index (κ3) is 4.80. The van der Waals surface area contributed by atoms with E-state index in [0.29, 0.717) is 6.04 Å². The summed E-state index contributed by atoms with van der Waals surface area (Å²) in [5, 5.41) is 3.54. The van der Waals surface area contributed by atoms with Crippen LogP contribution in [0.25, 0.3) is 0 Å². The lowest BCUT2D eigenvalue weighted by atomic mass is 9.88. The van der Waals surface area contributed by atoms with E-state index in [1.807, 2.05) is 0 Å². The molecule has 0 aliphatic carbocycles. The molecule has 1 nitrogen and oxygen atoms in total. The van der Waals surface area contributed by atoms with Gasteiger partial charge in [-0.05, 0) is 25.8 Å². The van der Waals surface area contributed by atoms with E-state index in [9.17, 15) is 0 Å². The van der Waals surface area contributed by atoms with E-state index in [1.165, 1.54) is 31.3 Å². The first-order valence-corrected chi connectivity index (χ1v) is 6.06. The Morgan fingerprint density at radius 3 is 2.29 bits per heavy atom. The molecular weight excluding hydrogens is 170 g/mol. The lowest BCUT2D eigenvalue weighted by Crippen LogP contribution is -2.36. The average molecular weight is 197 g/mol. The fourth-order valence-corrected chi connectivity index (χ4v) is 2.04. The van der Waals surface area contributed by atoms with Gasteiger partial charge in [0.25, 0.3) is 0 Å². The van der Waals surface area contributed by atoms with Gasteiger partial charge in [-0.1, -0.05) is 52.2 Å². The van der Waals surface area contributed by atoms with E-state index < -0.39 is 0 Å². The van der Waals surface area contributed by atoms with E-state index >= 15 is 0 Å². The summed E-state index contributed by atoms with van der Waals surface area (Å²) < 4.78 is 0. The summed E-state index contributed by atoms with van der Waals surface area (Å²) in [4.78, 5) is 0. The third-order valence-corrected chi connectivity index (χ3v) is 2.88. The quantitative estimate of drug-likeness (QED) is 0.584. The van der Waals surface area contributed by atoms with Gasteiger partial charge in [0.1, 0.15) is 0 Å². The number of rotatable bonds is 8. The highest BCUT2D eigenvalue weighted by Gasteiger charge is 2.18. The molecular formula is C13H27N. The van der Waals surface area contributed by atoms with Gasteiger partial charge < -0.3 is 5.32 Å². The molecule has 0 rings (SSSR count). The predicted molar refractivity (Wildman–Crippen MR) is 65.6 cm³/mol. The van der Waals surface area contributed by atoms with Crippen LogP contribution in [0.5, 0.6) is 0 Å². The van der Waals surface area contributed by atoms with Gasteiger partial charge in [0.15, 0.2) is 0 Å². The van der Waals surface area contributed by atoms with Crippen molar-refractivity contribution in [2.45, 2.75) is 59.4 Å². The Hall–Kier alpha value is -0.300. The number of hydrogen-bond acceptors (Lipinski definition) is 1. The average Bonchev–Trinajstić information content (AvgIpc) is 2.17. The maximum atomic E-state index is 4.09. The molecule has 0 bridgehead atoms. The van der Waals surface area contributed by atoms with E-state index in [0.717, 1.165) is 12.5 Å². The topological polar surface area (TPSA) is 12.0 Å². The van der Waals surface area contributed by atoms with E-state index in [4.69, 9.17) is 0 Å². The van der Waals surface area contributed by atoms with Crippen LogP contribution in [0.2, 0.25) is 0 Å². The molecule has 0 aliphatic heterocycles. The number of unbranched alkanes of at least 4 members (excludes halogenated alkanes) is 1. The molecule has 0 fully saturated rings. The fraction of sp³-hybridized carbons (Fsp3) is 0.846. The highest BCUT2D eigenvalue weighted by Crippen LogP contribution is 2.21. The third-order valence-electron chi connectivity index (χ3n) is 2.88. The molecule has 0 radical (unpaired) electrons. The lowest BCUT2D eigenvalue weighted by Gasteiger charge is -2.27. The van der Waals surface area contributed by atoms with Crippen LogP contribution in [0.3, 0.4) is 0 Å². The van der Waals surface area contributed by atoms with Gasteiger partial charge in [0.05, 0.1) is 0 Å². The van der Waals surface area contributed by atoms with Crippen LogP contribution in [0, 0.1) is 5.92 Å². The normalized spacial score (nSPS) is 15.1. The van der Waals surface area contributed by atoms with Crippen molar-refractivity contribution in [2.75, 3.05) is 6.54 Å². The Balaban J connectivity index is 4.18. The molecule has 0 heterocycles. The summed E-state index contributed by atoms with van der Waals surface area (Å²) in [6, 6.07) is 0.525. The van der Waals surface area contributed by atoms with Crippen LogP contribution in [-0.4, -0.2) is 12.6 Å². The molecule has 0 saturated heterocycles. The minimum atomic E-state index is 0.525. The first-order valence-electron chi connectivity index (χ1n) is 6.06. The van der Waals surface area contributed by atoms with Crippen molar-refractivity contribution >= 4 is 0 Å². The summed E-state index contributed by atoms with van der Waals surface area (Å²) in [7, 11) is 0. The van der Waals surface area contributed by atoms with Gasteiger partial charge in [-0.25, -0.2) is 0 Å². The molecule has 0 aromatic rings. The summed E-state index contributed by atoms with van der Waals surface area (Å²) in [6.45, 7) is 14.0. The standard InChI is InChI=1S/C13H27N/c1-6-9-10-12(7-2)13(11(4)5)14-8-3/h12-14H,4,6-10H2,1-3,5H3. The van der Waals surface area contributed by atoms with Gasteiger partial charge >= 0.3 is 0 Å². The van der Waals surface area contributed by atoms with Gasteiger partial charge in [-0.2, -0.15) is 0 Å². The second-order valence-electron chi connectivity index (χ2n) is 4.19. The lowest BCUT2D eigenvalue weighted by molar-refractivity contribution is 0.354. The van der Waals surface area contributed by atoms with Gasteiger partial charge in [0.2, 0.25) is 0 Å². The Labute approximate surface area is 90.0 Å². The number of nitrogens with one attached hydrogen (secondary N) is 1. The van der Waals surface area contributed by atoms with E-state index in [1.54, 1.807) is 0 Å². The first-order chi connectivity index (χ1) is 6.67. The smallest absolute Gasteiger partial charge is 0.0302 e. The van der Waals surface area contributed by atoms with Crippen molar-refractivity contribution in [3.05, 3.63) is 12.2 Å². The van der Waals surface area contributed by atoms with Crippen molar-refractivity contribution < 1.29 is 0 Å². The molecule has 2 unspecified atom stereocenters. The zero-order valence-corrected chi connectivity index (χ0v) is 10.4. The van der Waals surface area contributed by atoms with Crippen LogP contribution in [0.1, 0.15) is 53.4 Å². The second kappa shape index (κ2) is 8.05. The Kier molecular flexibility index (Phi) is 7.87. The molecule has 1 heteroatoms. The molecule has 1 N–H and O–H groups in total. The maximum Gasteiger partial charge on any atom is 0.0302 e. The zero-order chi connectivity index (χ0) is 11.0. The monoisotopic (exact) mass is 197 g/mol. The maximum absolute atomic E-state index is 4.09. The molecule has 0 saturated carbocycles. The molecule has 0 spiro atoms. The van der Waals surface area contributed by atoms with Gasteiger partial charge in [-0.3, -0.25) is 0 Å². The summed E-state index contributed by atoms with van der Waals surface area (Å²) in [6.07, 6.45) is 5.22. The number of hydrogen-bond donors (Lipinski definition) is 1. The van der Waals surface area contributed by atoms with Crippen LogP contribution in [-0.2, 0) is 0 Å². The summed E-state index contributed by atoms with van der Waals surface area (Å²) >= 11 is 0. The molecule has 84 valence electrons. The van der Waals surface area contributed by atoms with Crippen LogP contribution in [0.4, 0.5) is 0 Å². The first kappa shape index (κ1) is 13.7. The van der Waals surface area contributed by atoms with Gasteiger partial charge in [-0.15, -0.1) is 0 Å². The van der Waals surface area contributed by atoms with Crippen LogP contribution in [0.15, 0.2) is 12.2 Å². The van der Waals surface area contributed by atoms with E-state index in [2.05, 4.69) is 39.6 Å². The molecule has 0 aromatic carbocycles. The van der Waals surface area contributed by atoms with Crippen molar-refractivity contribution in [3.63, 3.8) is 0 Å². The minimum absolute atomic E-state index is 0.525. The van der Waals surface area contributed by atoms with Gasteiger partial charge in [0, 0.05) is 6.04 Å². The van der Waals surface area contributed by atoms with Crippen molar-refractivity contribution in [2.24, 2.45) is 5.92 Å². The Morgan fingerprint density at radius 2 is 1.93 bits per heavy atom. The highest BCUT2D eigenvalue weighted by molar-refractivity contribution is 5.04. The van der Waals surface area contributed by atoms with Crippen molar-refractivity contribution in [1.29, 1.82) is 0 Å². The second-order valence-corrected chi connectivity index (χ2v) is 4.19. The molecule has 14 heavy (non-hydrogen) atoms. The molecule has 0 amide bonds. The molecule has 0 aromatic heterocycles. The SMILES string of the molecule is C=C(C)C(NCC)C(CC)CCCC. The highest BCUT2D eigenvalue weighted by atomic mass is 14.9. The zero-order valence-electron chi connectivity index (χ0n) is 10.4. The Bertz CT molecular complexity index is 151. The summed E-state index contributed by atoms with van der Waals surface area (Å²) in [5.41, 5.74) is 1.29. The van der Waals surface area contributed by atoms with Crippen LogP contribution < -0.4 is 5.32 Å². The molecule has 2 atom stereocenters. The number of likely N-dealkylation sites (N-methyl/N-ethyl adjacent to an activating group) is 1. The molecule has 0 aliphatic rings. The van der Waals surface area contributed by atoms with Crippen molar-refractivity contribution in [3.8, 4) is 0 Å². The van der Waals surface area contributed by atoms with Crippen molar-refractivity contribution in [1.82, 2.24) is 5.32 Å².